The van der Waals surface area contributed by atoms with Gasteiger partial charge in [0.25, 0.3) is 0 Å². The molecule has 5 nitrogen and oxygen atoms in total. The number of fused-ring (bicyclic) bond motifs is 1. The lowest BCUT2D eigenvalue weighted by Gasteiger charge is -2.30. The highest BCUT2D eigenvalue weighted by atomic mass is 32.1. The van der Waals surface area contributed by atoms with Gasteiger partial charge in [-0.25, -0.2) is 9.97 Å². The lowest BCUT2D eigenvalue weighted by Crippen LogP contribution is -2.40. The van der Waals surface area contributed by atoms with Crippen molar-refractivity contribution in [2.24, 2.45) is 0 Å². The zero-order valence-electron chi connectivity index (χ0n) is 10.3. The van der Waals surface area contributed by atoms with Crippen LogP contribution in [0.2, 0.25) is 0 Å². The van der Waals surface area contributed by atoms with Crippen LogP contribution >= 0.6 is 11.3 Å². The minimum atomic E-state index is 0.279. The first kappa shape index (κ1) is 11.8. The molecule has 0 spiro atoms. The number of morpholine rings is 1. The molecule has 1 atom stereocenters. The highest BCUT2D eigenvalue weighted by Crippen LogP contribution is 2.23. The van der Waals surface area contributed by atoms with Gasteiger partial charge in [0.15, 0.2) is 0 Å². The lowest BCUT2D eigenvalue weighted by molar-refractivity contribution is -0.0219. The Balaban J connectivity index is 1.81. The predicted octanol–water partition coefficient (Wildman–Crippen LogP) is 1.49. The molecule has 1 aliphatic heterocycles. The Labute approximate surface area is 110 Å². The summed E-state index contributed by atoms with van der Waals surface area (Å²) in [5.41, 5.74) is 5.95. The maximum atomic E-state index is 5.95. The van der Waals surface area contributed by atoms with Gasteiger partial charge < -0.3 is 10.5 Å². The number of rotatable bonds is 2. The highest BCUT2D eigenvalue weighted by molar-refractivity contribution is 7.16. The number of nitrogens with two attached hydrogens (primary N) is 1. The smallest absolute Gasteiger partial charge is 0.146 e. The average Bonchev–Trinajstić information content (AvgIpc) is 2.77. The van der Waals surface area contributed by atoms with Gasteiger partial charge in [0.05, 0.1) is 24.6 Å². The molecule has 0 amide bonds. The highest BCUT2D eigenvalue weighted by Gasteiger charge is 2.18. The Bertz CT molecular complexity index is 556. The fraction of sp³-hybridized carbons (Fsp3) is 0.500. The quantitative estimate of drug-likeness (QED) is 0.890. The van der Waals surface area contributed by atoms with Crippen molar-refractivity contribution in [1.82, 2.24) is 14.9 Å². The third-order valence-corrected chi connectivity index (χ3v) is 3.90. The van der Waals surface area contributed by atoms with Gasteiger partial charge in [-0.1, -0.05) is 0 Å². The molecular formula is C12H16N4OS. The van der Waals surface area contributed by atoms with E-state index in [1.807, 2.05) is 11.4 Å². The second-order valence-electron chi connectivity index (χ2n) is 4.58. The summed E-state index contributed by atoms with van der Waals surface area (Å²) in [7, 11) is 0. The molecule has 0 aliphatic carbocycles. The summed E-state index contributed by atoms with van der Waals surface area (Å²) in [6.07, 6.45) is 0.279. The van der Waals surface area contributed by atoms with Crippen molar-refractivity contribution < 1.29 is 4.74 Å². The van der Waals surface area contributed by atoms with Gasteiger partial charge in [-0.3, -0.25) is 4.90 Å². The summed E-state index contributed by atoms with van der Waals surface area (Å²) >= 11 is 1.60. The molecule has 0 radical (unpaired) electrons. The van der Waals surface area contributed by atoms with Crippen molar-refractivity contribution >= 4 is 27.4 Å². The summed E-state index contributed by atoms with van der Waals surface area (Å²) in [6, 6.07) is 1.97. The van der Waals surface area contributed by atoms with Crippen LogP contribution < -0.4 is 5.73 Å². The number of hydrogen-bond donors (Lipinski definition) is 1. The maximum Gasteiger partial charge on any atom is 0.146 e. The lowest BCUT2D eigenvalue weighted by atomic mass is 10.3. The van der Waals surface area contributed by atoms with Crippen LogP contribution in [0.1, 0.15) is 12.7 Å². The van der Waals surface area contributed by atoms with Crippen molar-refractivity contribution in [2.75, 3.05) is 25.4 Å². The first-order chi connectivity index (χ1) is 8.72. The van der Waals surface area contributed by atoms with Gasteiger partial charge in [-0.2, -0.15) is 0 Å². The van der Waals surface area contributed by atoms with E-state index >= 15 is 0 Å². The van der Waals surface area contributed by atoms with Crippen LogP contribution in [0.25, 0.3) is 10.2 Å². The van der Waals surface area contributed by atoms with Gasteiger partial charge in [0.1, 0.15) is 16.5 Å². The number of nitrogens with zero attached hydrogens (tertiary/aromatic N) is 3. The molecule has 3 rings (SSSR count). The molecule has 3 heterocycles. The topological polar surface area (TPSA) is 64.3 Å². The second kappa shape index (κ2) is 4.79. The average molecular weight is 264 g/mol. The number of ether oxygens (including phenoxy) is 1. The molecule has 1 saturated heterocycles. The molecule has 2 aromatic rings. The van der Waals surface area contributed by atoms with E-state index in [9.17, 15) is 0 Å². The molecule has 2 aromatic heterocycles. The van der Waals surface area contributed by atoms with Gasteiger partial charge >= 0.3 is 0 Å². The second-order valence-corrected chi connectivity index (χ2v) is 5.48. The number of thiophene rings is 1. The Hall–Kier alpha value is -1.24. The predicted molar refractivity (Wildman–Crippen MR) is 72.5 cm³/mol. The number of aromatic nitrogens is 2. The maximum absolute atomic E-state index is 5.95. The number of anilines is 1. The summed E-state index contributed by atoms with van der Waals surface area (Å²) in [5.74, 6) is 1.38. The van der Waals surface area contributed by atoms with Crippen LogP contribution in [0.4, 0.5) is 5.82 Å². The number of hydrogen-bond acceptors (Lipinski definition) is 6. The van der Waals surface area contributed by atoms with Crippen LogP contribution in [0, 0.1) is 0 Å². The molecule has 1 aliphatic rings. The van der Waals surface area contributed by atoms with Crippen molar-refractivity contribution in [2.45, 2.75) is 19.6 Å². The summed E-state index contributed by atoms with van der Waals surface area (Å²) in [6.45, 7) is 5.45. The minimum absolute atomic E-state index is 0.279. The Kier molecular flexibility index (Phi) is 3.15. The first-order valence-electron chi connectivity index (χ1n) is 6.06. The zero-order valence-corrected chi connectivity index (χ0v) is 11.1. The Morgan fingerprint density at radius 1 is 1.56 bits per heavy atom. The summed E-state index contributed by atoms with van der Waals surface area (Å²) < 4.78 is 5.52. The molecule has 0 saturated carbocycles. The van der Waals surface area contributed by atoms with Crippen LogP contribution in [0.5, 0.6) is 0 Å². The fourth-order valence-electron chi connectivity index (χ4n) is 2.23. The van der Waals surface area contributed by atoms with E-state index in [0.29, 0.717) is 5.82 Å². The van der Waals surface area contributed by atoms with E-state index in [4.69, 9.17) is 10.5 Å². The Morgan fingerprint density at radius 2 is 2.44 bits per heavy atom. The molecule has 18 heavy (non-hydrogen) atoms. The van der Waals surface area contributed by atoms with Crippen molar-refractivity contribution in [3.63, 3.8) is 0 Å². The van der Waals surface area contributed by atoms with E-state index in [0.717, 1.165) is 42.3 Å². The van der Waals surface area contributed by atoms with Crippen LogP contribution in [0.15, 0.2) is 11.4 Å². The molecule has 0 bridgehead atoms. The molecular weight excluding hydrogens is 248 g/mol. The zero-order chi connectivity index (χ0) is 12.5. The Morgan fingerprint density at radius 3 is 3.28 bits per heavy atom. The number of nitrogen functional groups attached to an aromatic ring is 1. The van der Waals surface area contributed by atoms with Crippen LogP contribution in [-0.4, -0.2) is 40.7 Å². The monoisotopic (exact) mass is 264 g/mol. The summed E-state index contributed by atoms with van der Waals surface area (Å²) in [5, 5.41) is 2.95. The molecule has 6 heteroatoms. The van der Waals surface area contributed by atoms with Crippen molar-refractivity contribution in [1.29, 1.82) is 0 Å². The minimum Gasteiger partial charge on any atom is -0.383 e. The standard InChI is InChI=1S/C12H16N4OS/c1-8-6-16(3-4-17-8)7-10-14-11(13)9-2-5-18-12(9)15-10/h2,5,8H,3-4,6-7H2,1H3,(H2,13,14,15). The van der Waals surface area contributed by atoms with E-state index < -0.39 is 0 Å². The molecule has 1 fully saturated rings. The van der Waals surface area contributed by atoms with E-state index in [1.165, 1.54) is 0 Å². The van der Waals surface area contributed by atoms with E-state index in [1.54, 1.807) is 11.3 Å². The van der Waals surface area contributed by atoms with Crippen molar-refractivity contribution in [3.8, 4) is 0 Å². The van der Waals surface area contributed by atoms with Gasteiger partial charge in [-0.05, 0) is 18.4 Å². The molecule has 96 valence electrons. The van der Waals surface area contributed by atoms with Crippen molar-refractivity contribution in [3.05, 3.63) is 17.3 Å². The summed E-state index contributed by atoms with van der Waals surface area (Å²) in [4.78, 5) is 12.2. The first-order valence-corrected chi connectivity index (χ1v) is 6.94. The van der Waals surface area contributed by atoms with Gasteiger partial charge in [0.2, 0.25) is 0 Å². The third-order valence-electron chi connectivity index (χ3n) is 3.09. The van der Waals surface area contributed by atoms with E-state index in [-0.39, 0.29) is 6.10 Å². The molecule has 2 N–H and O–H groups in total. The molecule has 1 unspecified atom stereocenters. The van der Waals surface area contributed by atoms with Gasteiger partial charge in [0, 0.05) is 13.1 Å². The van der Waals surface area contributed by atoms with E-state index in [2.05, 4.69) is 21.8 Å². The third kappa shape index (κ3) is 2.31. The molecule has 0 aromatic carbocycles. The normalized spacial score (nSPS) is 21.5. The van der Waals surface area contributed by atoms with Crippen LogP contribution in [-0.2, 0) is 11.3 Å². The fourth-order valence-corrected chi connectivity index (χ4v) is 3.02. The van der Waals surface area contributed by atoms with Gasteiger partial charge in [-0.15, -0.1) is 11.3 Å². The van der Waals surface area contributed by atoms with Crippen LogP contribution in [0.3, 0.4) is 0 Å². The SMILES string of the molecule is CC1CN(Cc2nc(N)c3ccsc3n2)CCO1. The largest absolute Gasteiger partial charge is 0.383 e.